The van der Waals surface area contributed by atoms with E-state index in [1.165, 1.54) is 0 Å². The van der Waals surface area contributed by atoms with Crippen molar-refractivity contribution in [2.24, 2.45) is 0 Å². The van der Waals surface area contributed by atoms with E-state index < -0.39 is 11.4 Å². The zero-order chi connectivity index (χ0) is 14.5. The van der Waals surface area contributed by atoms with Crippen LogP contribution in [-0.2, 0) is 10.2 Å². The number of carboxylic acids is 1. The second-order valence-corrected chi connectivity index (χ2v) is 6.07. The van der Waals surface area contributed by atoms with Crippen molar-refractivity contribution < 1.29 is 19.1 Å². The van der Waals surface area contributed by atoms with Gasteiger partial charge in [0.1, 0.15) is 5.76 Å². The smallest absolute Gasteiger partial charge is 0.314 e. The van der Waals surface area contributed by atoms with E-state index in [1.807, 2.05) is 13.0 Å². The highest BCUT2D eigenvalue weighted by atomic mass is 79.9. The van der Waals surface area contributed by atoms with Crippen LogP contribution < -0.4 is 4.74 Å². The zero-order valence-corrected chi connectivity index (χ0v) is 12.9. The second-order valence-electron chi connectivity index (χ2n) is 5.28. The Morgan fingerprint density at radius 1 is 1.45 bits per heavy atom. The lowest BCUT2D eigenvalue weighted by atomic mass is 9.64. The molecule has 1 saturated carbocycles. The van der Waals surface area contributed by atoms with Gasteiger partial charge < -0.3 is 14.3 Å². The highest BCUT2D eigenvalue weighted by Gasteiger charge is 2.47. The number of aliphatic carboxylic acids is 1. The molecule has 1 fully saturated rings. The molecule has 3 rings (SSSR count). The first kappa shape index (κ1) is 13.5. The van der Waals surface area contributed by atoms with Crippen molar-refractivity contribution in [1.29, 1.82) is 0 Å². The minimum Gasteiger partial charge on any atom is -0.493 e. The van der Waals surface area contributed by atoms with Crippen LogP contribution in [0.5, 0.6) is 5.75 Å². The van der Waals surface area contributed by atoms with E-state index in [0.29, 0.717) is 24.2 Å². The first-order valence-electron chi connectivity index (χ1n) is 6.50. The van der Waals surface area contributed by atoms with Crippen LogP contribution in [0.25, 0.3) is 11.0 Å². The zero-order valence-electron chi connectivity index (χ0n) is 11.3. The fourth-order valence-electron chi connectivity index (χ4n) is 2.89. The van der Waals surface area contributed by atoms with Crippen molar-refractivity contribution in [2.45, 2.75) is 31.6 Å². The van der Waals surface area contributed by atoms with Gasteiger partial charge in [-0.15, -0.1) is 0 Å². The first-order chi connectivity index (χ1) is 9.49. The van der Waals surface area contributed by atoms with Gasteiger partial charge in [-0.05, 0) is 53.4 Å². The predicted octanol–water partition coefficient (Wildman–Crippen LogP) is 4.02. The van der Waals surface area contributed by atoms with Gasteiger partial charge in [0.25, 0.3) is 0 Å². The maximum absolute atomic E-state index is 11.7. The molecule has 0 amide bonds. The average molecular weight is 339 g/mol. The molecule has 1 N–H and O–H groups in total. The molecule has 2 aromatic rings. The number of benzene rings is 1. The Bertz CT molecular complexity index is 697. The SMILES string of the molecule is COc1cc(C2(C(=O)O)CCC2)c(Br)c2cc(C)oc12. The molecule has 1 heterocycles. The molecular formula is C15H15BrO4. The standard InChI is InChI=1S/C15H15BrO4/c1-8-6-9-12(16)10(7-11(19-2)13(9)20-8)15(14(17)18)4-3-5-15/h6-7H,3-5H2,1-2H3,(H,17,18). The van der Waals surface area contributed by atoms with E-state index in [0.717, 1.165) is 27.6 Å². The van der Waals surface area contributed by atoms with Gasteiger partial charge in [-0.25, -0.2) is 0 Å². The molecule has 1 aromatic carbocycles. The monoisotopic (exact) mass is 338 g/mol. The van der Waals surface area contributed by atoms with E-state index in [2.05, 4.69) is 15.9 Å². The summed E-state index contributed by atoms with van der Waals surface area (Å²) in [5, 5.41) is 10.5. The molecule has 5 heteroatoms. The number of methoxy groups -OCH3 is 1. The number of aryl methyl sites for hydroxylation is 1. The van der Waals surface area contributed by atoms with Crippen LogP contribution in [0, 0.1) is 6.92 Å². The van der Waals surface area contributed by atoms with Crippen molar-refractivity contribution in [1.82, 2.24) is 0 Å². The molecule has 0 bridgehead atoms. The summed E-state index contributed by atoms with van der Waals surface area (Å²) >= 11 is 3.56. The third-order valence-corrected chi connectivity index (χ3v) is 5.03. The Hall–Kier alpha value is -1.49. The Balaban J connectivity index is 2.31. The van der Waals surface area contributed by atoms with Crippen LogP contribution in [0.3, 0.4) is 0 Å². The average Bonchev–Trinajstić information content (AvgIpc) is 2.72. The minimum atomic E-state index is -0.800. The summed E-state index contributed by atoms with van der Waals surface area (Å²) in [6, 6.07) is 3.70. The molecule has 106 valence electrons. The third kappa shape index (κ3) is 1.69. The van der Waals surface area contributed by atoms with Crippen molar-refractivity contribution in [2.75, 3.05) is 7.11 Å². The van der Waals surface area contributed by atoms with Crippen LogP contribution in [0.4, 0.5) is 0 Å². The lowest BCUT2D eigenvalue weighted by Crippen LogP contribution is -2.42. The summed E-state index contributed by atoms with van der Waals surface area (Å²) in [5.41, 5.74) is 0.632. The fourth-order valence-corrected chi connectivity index (χ4v) is 3.68. The number of furan rings is 1. The normalized spacial score (nSPS) is 16.9. The highest BCUT2D eigenvalue weighted by molar-refractivity contribution is 9.10. The van der Waals surface area contributed by atoms with Crippen LogP contribution in [-0.4, -0.2) is 18.2 Å². The van der Waals surface area contributed by atoms with Gasteiger partial charge in [-0.2, -0.15) is 0 Å². The molecule has 0 aliphatic heterocycles. The number of halogens is 1. The van der Waals surface area contributed by atoms with Crippen molar-refractivity contribution in [3.05, 3.63) is 27.9 Å². The van der Waals surface area contributed by atoms with Gasteiger partial charge >= 0.3 is 5.97 Å². The lowest BCUT2D eigenvalue weighted by molar-refractivity contribution is -0.147. The largest absolute Gasteiger partial charge is 0.493 e. The van der Waals surface area contributed by atoms with Gasteiger partial charge in [0, 0.05) is 9.86 Å². The summed E-state index contributed by atoms with van der Waals surface area (Å²) in [6.07, 6.45) is 2.25. The van der Waals surface area contributed by atoms with Crippen LogP contribution >= 0.6 is 15.9 Å². The maximum Gasteiger partial charge on any atom is 0.314 e. The molecular weight excluding hydrogens is 324 g/mol. The van der Waals surface area contributed by atoms with Crippen LogP contribution in [0.15, 0.2) is 21.0 Å². The van der Waals surface area contributed by atoms with Gasteiger partial charge in [-0.1, -0.05) is 6.42 Å². The molecule has 0 atom stereocenters. The number of hydrogen-bond acceptors (Lipinski definition) is 3. The predicted molar refractivity (Wildman–Crippen MR) is 78.4 cm³/mol. The molecule has 4 nitrogen and oxygen atoms in total. The molecule has 0 radical (unpaired) electrons. The third-order valence-electron chi connectivity index (χ3n) is 4.18. The minimum absolute atomic E-state index is 0.582. The van der Waals surface area contributed by atoms with Gasteiger partial charge in [-0.3, -0.25) is 4.79 Å². The van der Waals surface area contributed by atoms with E-state index >= 15 is 0 Å². The van der Waals surface area contributed by atoms with Gasteiger partial charge in [0.15, 0.2) is 11.3 Å². The Morgan fingerprint density at radius 3 is 2.65 bits per heavy atom. The Kier molecular flexibility index (Phi) is 3.05. The molecule has 1 aromatic heterocycles. The van der Waals surface area contributed by atoms with E-state index in [4.69, 9.17) is 9.15 Å². The lowest BCUT2D eigenvalue weighted by Gasteiger charge is -2.39. The van der Waals surface area contributed by atoms with Crippen molar-refractivity contribution in [3.8, 4) is 5.75 Å². The molecule has 0 unspecified atom stereocenters. The summed E-state index contributed by atoms with van der Waals surface area (Å²) in [5.74, 6) is 0.582. The molecule has 1 aliphatic rings. The number of rotatable bonds is 3. The van der Waals surface area contributed by atoms with E-state index in [1.54, 1.807) is 13.2 Å². The van der Waals surface area contributed by atoms with Crippen LogP contribution in [0.2, 0.25) is 0 Å². The Morgan fingerprint density at radius 2 is 2.15 bits per heavy atom. The number of carboxylic acid groups (broad SMARTS) is 1. The van der Waals surface area contributed by atoms with Crippen LogP contribution in [0.1, 0.15) is 30.6 Å². The summed E-state index contributed by atoms with van der Waals surface area (Å²) in [7, 11) is 1.57. The summed E-state index contributed by atoms with van der Waals surface area (Å²) < 4.78 is 11.8. The number of ether oxygens (including phenoxy) is 1. The Labute approximate surface area is 124 Å². The number of fused-ring (bicyclic) bond motifs is 1. The summed E-state index contributed by atoms with van der Waals surface area (Å²) in [6.45, 7) is 1.86. The number of hydrogen-bond donors (Lipinski definition) is 1. The highest BCUT2D eigenvalue weighted by Crippen LogP contribution is 2.50. The second kappa shape index (κ2) is 4.52. The fraction of sp³-hybridized carbons (Fsp3) is 0.400. The molecule has 20 heavy (non-hydrogen) atoms. The molecule has 1 aliphatic carbocycles. The quantitative estimate of drug-likeness (QED) is 0.918. The number of carbonyl (C=O) groups is 1. The maximum atomic E-state index is 11.7. The molecule has 0 spiro atoms. The van der Waals surface area contributed by atoms with E-state index in [-0.39, 0.29) is 0 Å². The topological polar surface area (TPSA) is 59.7 Å². The van der Waals surface area contributed by atoms with Crippen molar-refractivity contribution >= 4 is 32.9 Å². The van der Waals surface area contributed by atoms with Gasteiger partial charge in [0.05, 0.1) is 12.5 Å². The summed E-state index contributed by atoms with van der Waals surface area (Å²) in [4.78, 5) is 11.7. The molecule has 0 saturated heterocycles. The van der Waals surface area contributed by atoms with Crippen molar-refractivity contribution in [3.63, 3.8) is 0 Å². The van der Waals surface area contributed by atoms with E-state index in [9.17, 15) is 9.90 Å². The van der Waals surface area contributed by atoms with Gasteiger partial charge in [0.2, 0.25) is 0 Å². The first-order valence-corrected chi connectivity index (χ1v) is 7.29.